The van der Waals surface area contributed by atoms with Crippen LogP contribution in [-0.2, 0) is 0 Å². The van der Waals surface area contributed by atoms with Gasteiger partial charge in [-0.3, -0.25) is 0 Å². The highest BCUT2D eigenvalue weighted by molar-refractivity contribution is 9.11. The van der Waals surface area contributed by atoms with Gasteiger partial charge in [0, 0.05) is 27.2 Å². The highest BCUT2D eigenvalue weighted by Crippen LogP contribution is 2.29. The first kappa shape index (κ1) is 15.3. The number of hydrogen-bond acceptors (Lipinski definition) is 2. The molecule has 1 aliphatic rings. The largest absolute Gasteiger partial charge is 0.381 e. The number of nitrogens with zero attached hydrogens (tertiary/aromatic N) is 1. The van der Waals surface area contributed by atoms with Crippen LogP contribution in [0.2, 0.25) is 0 Å². The Kier molecular flexibility index (Phi) is 5.72. The molecule has 2 atom stereocenters. The summed E-state index contributed by atoms with van der Waals surface area (Å²) in [5.74, 6) is 0.740. The number of piperidine rings is 1. The van der Waals surface area contributed by atoms with Crippen LogP contribution in [0, 0.1) is 5.92 Å². The Hall–Kier alpha value is -0.0600. The fourth-order valence-corrected chi connectivity index (χ4v) is 3.92. The second kappa shape index (κ2) is 7.09. The van der Waals surface area contributed by atoms with Gasteiger partial charge in [-0.2, -0.15) is 0 Å². The zero-order valence-electron chi connectivity index (χ0n) is 11.6. The zero-order valence-corrected chi connectivity index (χ0v) is 14.8. The minimum absolute atomic E-state index is 0.506. The molecule has 2 unspecified atom stereocenters. The molecular formula is C15H22Br2N2. The third-order valence-corrected chi connectivity index (χ3v) is 5.16. The van der Waals surface area contributed by atoms with Gasteiger partial charge in [-0.25, -0.2) is 0 Å². The Balaban J connectivity index is 1.98. The van der Waals surface area contributed by atoms with Gasteiger partial charge in [-0.1, -0.05) is 22.9 Å². The van der Waals surface area contributed by atoms with Gasteiger partial charge in [0.2, 0.25) is 0 Å². The number of rotatable bonds is 4. The Labute approximate surface area is 133 Å². The molecule has 1 aromatic carbocycles. The molecule has 2 rings (SSSR count). The number of halogens is 2. The molecule has 0 aliphatic carbocycles. The number of likely N-dealkylation sites (tertiary alicyclic amines) is 1. The summed E-state index contributed by atoms with van der Waals surface area (Å²) < 4.78 is 2.23. The molecule has 106 valence electrons. The summed E-state index contributed by atoms with van der Waals surface area (Å²) in [4.78, 5) is 2.56. The first-order valence-electron chi connectivity index (χ1n) is 7.04. The van der Waals surface area contributed by atoms with Crippen LogP contribution in [0.3, 0.4) is 0 Å². The summed E-state index contributed by atoms with van der Waals surface area (Å²) in [5, 5.41) is 3.66. The van der Waals surface area contributed by atoms with Gasteiger partial charge in [0.25, 0.3) is 0 Å². The number of nitrogens with one attached hydrogen (secondary N) is 1. The van der Waals surface area contributed by atoms with E-state index < -0.39 is 0 Å². The molecule has 1 saturated heterocycles. The summed E-state index contributed by atoms with van der Waals surface area (Å²) in [6.45, 7) is 8.22. The SMILES string of the molecule is CCN1CCCC(C(C)Nc2ccc(Br)cc2Br)C1. The van der Waals surface area contributed by atoms with Crippen molar-refractivity contribution in [1.82, 2.24) is 4.90 Å². The van der Waals surface area contributed by atoms with Gasteiger partial charge in [-0.15, -0.1) is 0 Å². The minimum atomic E-state index is 0.506. The molecule has 19 heavy (non-hydrogen) atoms. The summed E-state index contributed by atoms with van der Waals surface area (Å²) in [6.07, 6.45) is 2.66. The molecule has 1 N–H and O–H groups in total. The van der Waals surface area contributed by atoms with E-state index in [0.717, 1.165) is 14.9 Å². The average Bonchev–Trinajstić information content (AvgIpc) is 2.42. The van der Waals surface area contributed by atoms with E-state index in [2.05, 4.69) is 74.1 Å². The van der Waals surface area contributed by atoms with Gasteiger partial charge < -0.3 is 10.2 Å². The van der Waals surface area contributed by atoms with E-state index in [1.54, 1.807) is 0 Å². The molecule has 0 aromatic heterocycles. The fraction of sp³-hybridized carbons (Fsp3) is 0.600. The van der Waals surface area contributed by atoms with Crippen molar-refractivity contribution in [2.24, 2.45) is 5.92 Å². The molecular weight excluding hydrogens is 368 g/mol. The summed E-state index contributed by atoms with van der Waals surface area (Å²) in [5.41, 5.74) is 1.18. The van der Waals surface area contributed by atoms with Crippen molar-refractivity contribution in [2.45, 2.75) is 32.7 Å². The van der Waals surface area contributed by atoms with Crippen LogP contribution in [0.5, 0.6) is 0 Å². The van der Waals surface area contributed by atoms with E-state index >= 15 is 0 Å². The van der Waals surface area contributed by atoms with Crippen molar-refractivity contribution < 1.29 is 0 Å². The number of hydrogen-bond donors (Lipinski definition) is 1. The second-order valence-electron chi connectivity index (χ2n) is 5.35. The van der Waals surface area contributed by atoms with Gasteiger partial charge in [0.1, 0.15) is 0 Å². The average molecular weight is 390 g/mol. The van der Waals surface area contributed by atoms with Crippen LogP contribution < -0.4 is 5.32 Å². The number of anilines is 1. The first-order chi connectivity index (χ1) is 9.10. The highest BCUT2D eigenvalue weighted by Gasteiger charge is 2.24. The van der Waals surface area contributed by atoms with E-state index in [-0.39, 0.29) is 0 Å². The molecule has 0 spiro atoms. The second-order valence-corrected chi connectivity index (χ2v) is 7.12. The van der Waals surface area contributed by atoms with Gasteiger partial charge >= 0.3 is 0 Å². The van der Waals surface area contributed by atoms with E-state index in [4.69, 9.17) is 0 Å². The third kappa shape index (κ3) is 4.20. The standard InChI is InChI=1S/C15H22Br2N2/c1-3-19-8-4-5-12(10-19)11(2)18-15-7-6-13(16)9-14(15)17/h6-7,9,11-12,18H,3-5,8,10H2,1-2H3. The fourth-order valence-electron chi connectivity index (χ4n) is 2.76. The van der Waals surface area contributed by atoms with Gasteiger partial charge in [-0.05, 0) is 72.9 Å². The summed E-state index contributed by atoms with van der Waals surface area (Å²) in [6, 6.07) is 6.81. The molecule has 0 bridgehead atoms. The molecule has 1 fully saturated rings. The molecule has 1 aliphatic heterocycles. The predicted octanol–water partition coefficient (Wildman–Crippen LogP) is 4.74. The van der Waals surface area contributed by atoms with Crippen LogP contribution in [0.1, 0.15) is 26.7 Å². The molecule has 1 heterocycles. The predicted molar refractivity (Wildman–Crippen MR) is 89.8 cm³/mol. The maximum absolute atomic E-state index is 3.66. The van der Waals surface area contributed by atoms with E-state index in [0.29, 0.717) is 6.04 Å². The van der Waals surface area contributed by atoms with Crippen LogP contribution in [0.4, 0.5) is 5.69 Å². The molecule has 1 aromatic rings. The molecule has 0 saturated carbocycles. The van der Waals surface area contributed by atoms with Crippen LogP contribution in [0.25, 0.3) is 0 Å². The van der Waals surface area contributed by atoms with Crippen molar-refractivity contribution in [2.75, 3.05) is 25.0 Å². The van der Waals surface area contributed by atoms with Crippen molar-refractivity contribution >= 4 is 37.5 Å². The normalized spacial score (nSPS) is 22.2. The van der Waals surface area contributed by atoms with Crippen LogP contribution >= 0.6 is 31.9 Å². The van der Waals surface area contributed by atoms with Crippen molar-refractivity contribution in [3.05, 3.63) is 27.1 Å². The topological polar surface area (TPSA) is 15.3 Å². The van der Waals surface area contributed by atoms with Crippen LogP contribution in [0.15, 0.2) is 27.1 Å². The summed E-state index contributed by atoms with van der Waals surface area (Å²) in [7, 11) is 0. The maximum Gasteiger partial charge on any atom is 0.0487 e. The Morgan fingerprint density at radius 1 is 1.42 bits per heavy atom. The van der Waals surface area contributed by atoms with Crippen LogP contribution in [-0.4, -0.2) is 30.6 Å². The Morgan fingerprint density at radius 3 is 2.89 bits per heavy atom. The van der Waals surface area contributed by atoms with E-state index in [9.17, 15) is 0 Å². The molecule has 0 amide bonds. The lowest BCUT2D eigenvalue weighted by Gasteiger charge is -2.36. The zero-order chi connectivity index (χ0) is 13.8. The van der Waals surface area contributed by atoms with Gasteiger partial charge in [0.15, 0.2) is 0 Å². The monoisotopic (exact) mass is 388 g/mol. The molecule has 0 radical (unpaired) electrons. The first-order valence-corrected chi connectivity index (χ1v) is 8.62. The maximum atomic E-state index is 3.66. The lowest BCUT2D eigenvalue weighted by Crippen LogP contribution is -2.41. The van der Waals surface area contributed by atoms with E-state index in [1.807, 2.05) is 0 Å². The lowest BCUT2D eigenvalue weighted by atomic mass is 9.91. The van der Waals surface area contributed by atoms with Crippen molar-refractivity contribution in [1.29, 1.82) is 0 Å². The van der Waals surface area contributed by atoms with Crippen molar-refractivity contribution in [3.63, 3.8) is 0 Å². The summed E-state index contributed by atoms with van der Waals surface area (Å²) >= 11 is 7.11. The Morgan fingerprint density at radius 2 is 2.21 bits per heavy atom. The Bertz CT molecular complexity index is 423. The molecule has 2 nitrogen and oxygen atoms in total. The molecule has 4 heteroatoms. The van der Waals surface area contributed by atoms with E-state index in [1.165, 1.54) is 38.2 Å². The third-order valence-electron chi connectivity index (χ3n) is 4.01. The smallest absolute Gasteiger partial charge is 0.0487 e. The van der Waals surface area contributed by atoms with Crippen molar-refractivity contribution in [3.8, 4) is 0 Å². The van der Waals surface area contributed by atoms with Gasteiger partial charge in [0.05, 0.1) is 0 Å². The minimum Gasteiger partial charge on any atom is -0.381 e. The number of benzene rings is 1. The highest BCUT2D eigenvalue weighted by atomic mass is 79.9. The lowest BCUT2D eigenvalue weighted by molar-refractivity contribution is 0.172. The quantitative estimate of drug-likeness (QED) is 0.799.